The lowest BCUT2D eigenvalue weighted by atomic mass is 10.2. The fourth-order valence-electron chi connectivity index (χ4n) is 2.89. The van der Waals surface area contributed by atoms with Crippen molar-refractivity contribution in [2.24, 2.45) is 7.05 Å². The van der Waals surface area contributed by atoms with E-state index < -0.39 is 0 Å². The number of halogens is 1. The molecule has 7 heteroatoms. The van der Waals surface area contributed by atoms with Crippen LogP contribution in [0.3, 0.4) is 0 Å². The van der Waals surface area contributed by atoms with Crippen LogP contribution in [0.15, 0.2) is 24.3 Å². The van der Waals surface area contributed by atoms with Crippen molar-refractivity contribution in [3.8, 4) is 11.4 Å². The average molecular weight is 335 g/mol. The quantitative estimate of drug-likeness (QED) is 0.802. The van der Waals surface area contributed by atoms with Crippen LogP contribution in [0.5, 0.6) is 0 Å². The predicted octanol–water partition coefficient (Wildman–Crippen LogP) is 2.35. The summed E-state index contributed by atoms with van der Waals surface area (Å²) in [6.45, 7) is 8.06. The Morgan fingerprint density at radius 3 is 2.43 bits per heavy atom. The van der Waals surface area contributed by atoms with E-state index in [9.17, 15) is 4.39 Å². The van der Waals surface area contributed by atoms with Crippen LogP contribution in [-0.4, -0.2) is 56.9 Å². The first-order valence-electron chi connectivity index (χ1n) is 7.93. The Hall–Kier alpha value is -1.57. The van der Waals surface area contributed by atoms with Gasteiger partial charge in [-0.25, -0.2) is 9.07 Å². The summed E-state index contributed by atoms with van der Waals surface area (Å²) in [6.07, 6.45) is 0. The van der Waals surface area contributed by atoms with Gasteiger partial charge in [0.2, 0.25) is 0 Å². The highest BCUT2D eigenvalue weighted by atomic mass is 32.1. The van der Waals surface area contributed by atoms with Gasteiger partial charge in [-0.05, 0) is 30.9 Å². The first-order valence-corrected chi connectivity index (χ1v) is 8.34. The molecule has 124 valence electrons. The molecule has 0 spiro atoms. The van der Waals surface area contributed by atoms with Crippen molar-refractivity contribution in [2.45, 2.75) is 13.6 Å². The van der Waals surface area contributed by atoms with Gasteiger partial charge in [0.05, 0.1) is 12.2 Å². The highest BCUT2D eigenvalue weighted by Gasteiger charge is 2.18. The van der Waals surface area contributed by atoms with Gasteiger partial charge in [-0.1, -0.05) is 19.1 Å². The van der Waals surface area contributed by atoms with Gasteiger partial charge in [0, 0.05) is 33.2 Å². The molecule has 0 bridgehead atoms. The number of hydrogen-bond donors (Lipinski definition) is 0. The van der Waals surface area contributed by atoms with E-state index in [1.54, 1.807) is 21.4 Å². The smallest absolute Gasteiger partial charge is 0.199 e. The van der Waals surface area contributed by atoms with Crippen molar-refractivity contribution >= 4 is 12.2 Å². The van der Waals surface area contributed by atoms with E-state index in [1.807, 2.05) is 13.1 Å². The van der Waals surface area contributed by atoms with Crippen LogP contribution in [-0.2, 0) is 13.7 Å². The number of hydrogen-bond acceptors (Lipinski definition) is 4. The Morgan fingerprint density at radius 2 is 1.78 bits per heavy atom. The summed E-state index contributed by atoms with van der Waals surface area (Å²) in [5.41, 5.74) is 0.482. The van der Waals surface area contributed by atoms with E-state index >= 15 is 0 Å². The number of nitrogens with zero attached hydrogens (tertiary/aromatic N) is 5. The molecular formula is C16H22FN5S. The molecule has 5 nitrogen and oxygen atoms in total. The molecule has 2 heterocycles. The fraction of sp³-hybridized carbons (Fsp3) is 0.500. The predicted molar refractivity (Wildman–Crippen MR) is 91.1 cm³/mol. The van der Waals surface area contributed by atoms with E-state index in [2.05, 4.69) is 21.8 Å². The molecule has 0 unspecified atom stereocenters. The first kappa shape index (κ1) is 16.3. The number of aromatic nitrogens is 3. The number of rotatable bonds is 4. The molecule has 0 N–H and O–H groups in total. The molecule has 1 aromatic heterocycles. The van der Waals surface area contributed by atoms with Gasteiger partial charge in [0.25, 0.3) is 0 Å². The molecule has 0 radical (unpaired) electrons. The van der Waals surface area contributed by atoms with Crippen LogP contribution in [0.4, 0.5) is 4.39 Å². The van der Waals surface area contributed by atoms with Crippen molar-refractivity contribution in [2.75, 3.05) is 32.7 Å². The lowest BCUT2D eigenvalue weighted by Gasteiger charge is -2.33. The topological polar surface area (TPSA) is 29.2 Å². The maximum Gasteiger partial charge on any atom is 0.199 e. The summed E-state index contributed by atoms with van der Waals surface area (Å²) in [6, 6.07) is 6.67. The van der Waals surface area contributed by atoms with E-state index in [4.69, 9.17) is 12.2 Å². The van der Waals surface area contributed by atoms with Gasteiger partial charge < -0.3 is 9.47 Å². The third kappa shape index (κ3) is 3.36. The molecule has 1 aromatic carbocycles. The molecule has 1 saturated heterocycles. The largest absolute Gasteiger partial charge is 0.303 e. The number of piperazine rings is 1. The van der Waals surface area contributed by atoms with Crippen LogP contribution in [0.1, 0.15) is 6.92 Å². The van der Waals surface area contributed by atoms with Gasteiger partial charge in [-0.3, -0.25) is 4.90 Å². The lowest BCUT2D eigenvalue weighted by Crippen LogP contribution is -2.46. The highest BCUT2D eigenvalue weighted by molar-refractivity contribution is 7.71. The summed E-state index contributed by atoms with van der Waals surface area (Å²) in [4.78, 5) is 4.76. The van der Waals surface area contributed by atoms with Crippen LogP contribution >= 0.6 is 12.2 Å². The summed E-state index contributed by atoms with van der Waals surface area (Å²) in [5.74, 6) is 0.291. The van der Waals surface area contributed by atoms with Crippen LogP contribution in [0.25, 0.3) is 11.4 Å². The normalized spacial score (nSPS) is 16.8. The minimum Gasteiger partial charge on any atom is -0.303 e. The van der Waals surface area contributed by atoms with E-state index in [0.717, 1.165) is 32.7 Å². The van der Waals surface area contributed by atoms with Crippen molar-refractivity contribution in [1.29, 1.82) is 0 Å². The van der Waals surface area contributed by atoms with Crippen molar-refractivity contribution in [1.82, 2.24) is 24.1 Å². The maximum absolute atomic E-state index is 14.0. The second-order valence-electron chi connectivity index (χ2n) is 5.84. The van der Waals surface area contributed by atoms with Gasteiger partial charge in [-0.15, -0.1) is 0 Å². The molecular weight excluding hydrogens is 313 g/mol. The highest BCUT2D eigenvalue weighted by Crippen LogP contribution is 2.20. The molecule has 0 atom stereocenters. The molecule has 3 rings (SSSR count). The Balaban J connectivity index is 1.81. The Labute approximate surface area is 140 Å². The maximum atomic E-state index is 14.0. The monoisotopic (exact) mass is 335 g/mol. The van der Waals surface area contributed by atoms with E-state index in [-0.39, 0.29) is 5.82 Å². The molecule has 1 aliphatic rings. The molecule has 2 aromatic rings. The minimum absolute atomic E-state index is 0.278. The summed E-state index contributed by atoms with van der Waals surface area (Å²) < 4.78 is 18.2. The Morgan fingerprint density at radius 1 is 1.13 bits per heavy atom. The minimum atomic E-state index is -0.278. The average Bonchev–Trinajstić information content (AvgIpc) is 2.84. The van der Waals surface area contributed by atoms with E-state index in [1.165, 1.54) is 6.07 Å². The van der Waals surface area contributed by atoms with Gasteiger partial charge >= 0.3 is 0 Å². The molecule has 1 fully saturated rings. The number of benzene rings is 1. The van der Waals surface area contributed by atoms with Crippen LogP contribution in [0.2, 0.25) is 0 Å². The van der Waals surface area contributed by atoms with Crippen molar-refractivity contribution < 1.29 is 4.39 Å². The third-order valence-electron chi connectivity index (χ3n) is 4.40. The zero-order chi connectivity index (χ0) is 16.4. The second-order valence-corrected chi connectivity index (χ2v) is 6.20. The third-order valence-corrected chi connectivity index (χ3v) is 4.89. The summed E-state index contributed by atoms with van der Waals surface area (Å²) in [7, 11) is 1.84. The van der Waals surface area contributed by atoms with Gasteiger partial charge in [0.1, 0.15) is 5.82 Å². The summed E-state index contributed by atoms with van der Waals surface area (Å²) >= 11 is 5.48. The number of likely N-dealkylation sites (N-methyl/N-ethyl adjacent to an activating group) is 1. The SMILES string of the molecule is CCN1CCN(Cn2nc(-c3ccccc3F)n(C)c2=S)CC1. The van der Waals surface area contributed by atoms with Crippen LogP contribution < -0.4 is 0 Å². The standard InChI is InChI=1S/C16H22FN5S/c1-3-20-8-10-21(11-9-20)12-22-16(23)19(2)15(18-22)13-6-4-5-7-14(13)17/h4-7H,3,8-12H2,1-2H3. The second kappa shape index (κ2) is 6.90. The van der Waals surface area contributed by atoms with Crippen LogP contribution in [0, 0.1) is 10.6 Å². The molecule has 23 heavy (non-hydrogen) atoms. The van der Waals surface area contributed by atoms with Crippen molar-refractivity contribution in [3.05, 3.63) is 34.9 Å². The first-order chi connectivity index (χ1) is 11.1. The Bertz CT molecular complexity index is 730. The van der Waals surface area contributed by atoms with E-state index in [0.29, 0.717) is 22.8 Å². The van der Waals surface area contributed by atoms with Gasteiger partial charge in [-0.2, -0.15) is 5.10 Å². The summed E-state index contributed by atoms with van der Waals surface area (Å²) in [5, 5.41) is 4.55. The van der Waals surface area contributed by atoms with Crippen molar-refractivity contribution in [3.63, 3.8) is 0 Å². The lowest BCUT2D eigenvalue weighted by molar-refractivity contribution is 0.106. The molecule has 0 aliphatic carbocycles. The Kier molecular flexibility index (Phi) is 4.89. The van der Waals surface area contributed by atoms with Gasteiger partial charge in [0.15, 0.2) is 10.6 Å². The molecule has 0 saturated carbocycles. The molecule has 0 amide bonds. The zero-order valence-corrected chi connectivity index (χ0v) is 14.4. The molecule has 1 aliphatic heterocycles. The fourth-order valence-corrected chi connectivity index (χ4v) is 3.08. The zero-order valence-electron chi connectivity index (χ0n) is 13.6.